The molecule has 0 aliphatic carbocycles. The van der Waals surface area contributed by atoms with Crippen molar-refractivity contribution in [2.24, 2.45) is 0 Å². The quantitative estimate of drug-likeness (QED) is 0.0299. The first-order valence-electron chi connectivity index (χ1n) is 23.9. The standard InChI is InChI=1S/C46H89NO12/c1-4-6-8-10-12-14-16-18-20-22-24-26-28-30-32-56-35-38(57-33-31-29-27-25-23-21-19-17-15-13-11-9-7-5-2)36-58-46(45(54)55)44(53)42(52)40(47-37(3)49)43(59-46)41(51)39(50)34-48/h38-44,48,50-53H,4-36H2,1-3H3,(H,47,49)(H,54,55)/t38-,39-,40-,41-,42-,43-,44+,46-/m1/s1. The van der Waals surface area contributed by atoms with Gasteiger partial charge >= 0.3 is 5.97 Å². The van der Waals surface area contributed by atoms with Gasteiger partial charge < -0.3 is 54.9 Å². The summed E-state index contributed by atoms with van der Waals surface area (Å²) in [4.78, 5) is 24.7. The van der Waals surface area contributed by atoms with Crippen molar-refractivity contribution < 1.29 is 59.2 Å². The van der Waals surface area contributed by atoms with Crippen LogP contribution in [0.5, 0.6) is 0 Å². The van der Waals surface area contributed by atoms with Crippen molar-refractivity contribution in [2.45, 2.75) is 249 Å². The van der Waals surface area contributed by atoms with Gasteiger partial charge in [-0.05, 0) is 12.8 Å². The van der Waals surface area contributed by atoms with Crippen LogP contribution in [0.4, 0.5) is 0 Å². The molecule has 0 aromatic heterocycles. The SMILES string of the molecule is CCCCCCCCCCCCCCCCOC[C@H](CO[C@@]1(C(=O)O)O[C@@H]([C@H](O)[C@H](O)CO)[C@H](NC(C)=O)[C@@H](O)[C@@H]1O)OCCCCCCCCCCCCCCCC. The first-order chi connectivity index (χ1) is 28.5. The summed E-state index contributed by atoms with van der Waals surface area (Å²) in [7, 11) is 0. The number of carbonyl (C=O) groups is 2. The Kier molecular flexibility index (Phi) is 34.0. The van der Waals surface area contributed by atoms with Crippen LogP contribution >= 0.6 is 0 Å². The summed E-state index contributed by atoms with van der Waals surface area (Å²) in [5.41, 5.74) is 0. The van der Waals surface area contributed by atoms with Crippen LogP contribution in [0.2, 0.25) is 0 Å². The van der Waals surface area contributed by atoms with E-state index >= 15 is 0 Å². The van der Waals surface area contributed by atoms with Crippen molar-refractivity contribution in [2.75, 3.05) is 33.0 Å². The van der Waals surface area contributed by atoms with E-state index in [9.17, 15) is 40.2 Å². The number of aliphatic hydroxyl groups is 5. The molecule has 0 radical (unpaired) electrons. The average molecular weight is 848 g/mol. The third kappa shape index (κ3) is 24.7. The second-order valence-corrected chi connectivity index (χ2v) is 17.0. The molecule has 0 unspecified atom stereocenters. The van der Waals surface area contributed by atoms with Crippen LogP contribution in [0.3, 0.4) is 0 Å². The van der Waals surface area contributed by atoms with Crippen LogP contribution in [-0.2, 0) is 28.5 Å². The van der Waals surface area contributed by atoms with Gasteiger partial charge in [-0.25, -0.2) is 4.79 Å². The molecule has 0 bridgehead atoms. The Morgan fingerprint density at radius 2 is 1.05 bits per heavy atom. The fourth-order valence-corrected chi connectivity index (χ4v) is 7.85. The van der Waals surface area contributed by atoms with Crippen molar-refractivity contribution >= 4 is 11.9 Å². The highest BCUT2D eigenvalue weighted by Gasteiger charge is 2.62. The molecule has 1 aliphatic heterocycles. The van der Waals surface area contributed by atoms with Gasteiger partial charge in [-0.2, -0.15) is 0 Å². The van der Waals surface area contributed by atoms with Crippen LogP contribution < -0.4 is 5.32 Å². The van der Waals surface area contributed by atoms with Gasteiger partial charge in [0, 0.05) is 20.1 Å². The van der Waals surface area contributed by atoms with Crippen molar-refractivity contribution in [3.05, 3.63) is 0 Å². The van der Waals surface area contributed by atoms with Gasteiger partial charge in [0.25, 0.3) is 5.79 Å². The van der Waals surface area contributed by atoms with Crippen LogP contribution in [0.25, 0.3) is 0 Å². The molecule has 0 spiro atoms. The van der Waals surface area contributed by atoms with E-state index in [-0.39, 0.29) is 6.61 Å². The summed E-state index contributed by atoms with van der Waals surface area (Å²) >= 11 is 0. The minimum absolute atomic E-state index is 0.0925. The second kappa shape index (κ2) is 36.1. The summed E-state index contributed by atoms with van der Waals surface area (Å²) in [5.74, 6) is -5.37. The number of amides is 1. The fourth-order valence-electron chi connectivity index (χ4n) is 7.85. The maximum Gasteiger partial charge on any atom is 0.367 e. The molecule has 1 saturated heterocycles. The number of hydrogen-bond donors (Lipinski definition) is 7. The van der Waals surface area contributed by atoms with Crippen molar-refractivity contribution in [1.29, 1.82) is 0 Å². The third-order valence-corrected chi connectivity index (χ3v) is 11.6. The average Bonchev–Trinajstić information content (AvgIpc) is 3.22. The van der Waals surface area contributed by atoms with E-state index in [0.717, 1.165) is 45.4 Å². The number of hydrogen-bond acceptors (Lipinski definition) is 11. The highest BCUT2D eigenvalue weighted by atomic mass is 16.7. The summed E-state index contributed by atoms with van der Waals surface area (Å²) < 4.78 is 23.5. The lowest BCUT2D eigenvalue weighted by atomic mass is 9.86. The van der Waals surface area contributed by atoms with Gasteiger partial charge in [0.2, 0.25) is 5.91 Å². The fraction of sp³-hybridized carbons (Fsp3) is 0.957. The molecule has 13 heteroatoms. The van der Waals surface area contributed by atoms with E-state index in [1.54, 1.807) is 0 Å². The molecule has 350 valence electrons. The van der Waals surface area contributed by atoms with E-state index in [0.29, 0.717) is 13.2 Å². The summed E-state index contributed by atoms with van der Waals surface area (Å²) in [6, 6.07) is -1.53. The molecular formula is C46H89NO12. The smallest absolute Gasteiger partial charge is 0.367 e. The molecule has 1 heterocycles. The summed E-state index contributed by atoms with van der Waals surface area (Å²) in [5, 5.41) is 65.2. The first kappa shape index (κ1) is 55.6. The Bertz CT molecular complexity index is 1010. The van der Waals surface area contributed by atoms with Gasteiger partial charge in [-0.3, -0.25) is 4.79 Å². The molecule has 13 nitrogen and oxygen atoms in total. The molecule has 1 amide bonds. The van der Waals surface area contributed by atoms with E-state index in [1.807, 2.05) is 0 Å². The van der Waals surface area contributed by atoms with Gasteiger partial charge in [-0.15, -0.1) is 0 Å². The van der Waals surface area contributed by atoms with E-state index in [4.69, 9.17) is 18.9 Å². The zero-order valence-electron chi connectivity index (χ0n) is 37.5. The van der Waals surface area contributed by atoms with Gasteiger partial charge in [0.05, 0.1) is 25.9 Å². The lowest BCUT2D eigenvalue weighted by Gasteiger charge is -2.49. The van der Waals surface area contributed by atoms with E-state index < -0.39 is 73.5 Å². The Hall–Kier alpha value is -1.42. The number of carboxylic acid groups (broad SMARTS) is 1. The minimum Gasteiger partial charge on any atom is -0.477 e. The summed E-state index contributed by atoms with van der Waals surface area (Å²) in [6.45, 7) is 5.27. The van der Waals surface area contributed by atoms with Gasteiger partial charge in [0.15, 0.2) is 0 Å². The number of rotatable bonds is 41. The maximum atomic E-state index is 12.7. The molecule has 8 atom stereocenters. The molecule has 1 fully saturated rings. The number of aliphatic carboxylic acids is 1. The van der Waals surface area contributed by atoms with E-state index in [2.05, 4.69) is 19.2 Å². The van der Waals surface area contributed by atoms with Crippen LogP contribution in [-0.4, -0.2) is 124 Å². The van der Waals surface area contributed by atoms with Crippen LogP contribution in [0.1, 0.15) is 201 Å². The minimum atomic E-state index is -2.90. The highest BCUT2D eigenvalue weighted by molar-refractivity contribution is 5.77. The largest absolute Gasteiger partial charge is 0.477 e. The maximum absolute atomic E-state index is 12.7. The topological polar surface area (TPSA) is 204 Å². The zero-order chi connectivity index (χ0) is 43.6. The molecule has 7 N–H and O–H groups in total. The lowest BCUT2D eigenvalue weighted by Crippen LogP contribution is -2.74. The number of nitrogens with one attached hydrogen (secondary N) is 1. The van der Waals surface area contributed by atoms with Gasteiger partial charge in [0.1, 0.15) is 36.6 Å². The van der Waals surface area contributed by atoms with Crippen LogP contribution in [0, 0.1) is 0 Å². The Labute approximate surface area is 357 Å². The van der Waals surface area contributed by atoms with Gasteiger partial charge in [-0.1, -0.05) is 181 Å². The second-order valence-electron chi connectivity index (χ2n) is 17.0. The molecule has 1 aliphatic rings. The lowest BCUT2D eigenvalue weighted by molar-refractivity contribution is -0.351. The third-order valence-electron chi connectivity index (χ3n) is 11.6. The monoisotopic (exact) mass is 848 g/mol. The predicted molar refractivity (Wildman–Crippen MR) is 231 cm³/mol. The Morgan fingerprint density at radius 1 is 0.644 bits per heavy atom. The normalized spacial score (nSPS) is 22.3. The van der Waals surface area contributed by atoms with Crippen molar-refractivity contribution in [1.82, 2.24) is 5.32 Å². The molecule has 0 saturated carbocycles. The molecule has 0 aromatic rings. The summed E-state index contributed by atoms with van der Waals surface area (Å²) in [6.07, 6.45) is 24.2. The Balaban J connectivity index is 2.67. The van der Waals surface area contributed by atoms with Crippen molar-refractivity contribution in [3.8, 4) is 0 Å². The van der Waals surface area contributed by atoms with E-state index in [1.165, 1.54) is 141 Å². The molecule has 1 rings (SSSR count). The zero-order valence-corrected chi connectivity index (χ0v) is 37.5. The molecule has 59 heavy (non-hydrogen) atoms. The number of ether oxygens (including phenoxy) is 4. The van der Waals surface area contributed by atoms with Crippen LogP contribution in [0.15, 0.2) is 0 Å². The Morgan fingerprint density at radius 3 is 1.44 bits per heavy atom. The first-order valence-corrected chi connectivity index (χ1v) is 23.9. The number of carboxylic acids is 1. The number of unbranched alkanes of at least 4 members (excludes halogenated alkanes) is 26. The number of carbonyl (C=O) groups excluding carboxylic acids is 1. The highest BCUT2D eigenvalue weighted by Crippen LogP contribution is 2.34. The number of aliphatic hydroxyl groups excluding tert-OH is 5. The predicted octanol–water partition coefficient (Wildman–Crippen LogP) is 7.49. The molecule has 0 aromatic carbocycles. The van der Waals surface area contributed by atoms with Crippen molar-refractivity contribution in [3.63, 3.8) is 0 Å². The molecular weight excluding hydrogens is 759 g/mol.